The van der Waals surface area contributed by atoms with E-state index in [1.807, 2.05) is 19.6 Å². The molecule has 0 saturated carbocycles. The molecule has 1 fully saturated rings. The van der Waals surface area contributed by atoms with Gasteiger partial charge in [-0.05, 0) is 48.5 Å². The number of nitrogens with zero attached hydrogens (tertiary/aromatic N) is 7. The Morgan fingerprint density at radius 2 is 0.778 bits per heavy atom. The molecule has 2 aromatic rings. The molecule has 18 heteroatoms. The maximum absolute atomic E-state index is 13.3. The van der Waals surface area contributed by atoms with Crippen molar-refractivity contribution in [2.45, 2.75) is 6.18 Å². The number of carbonyl (C=O) groups excluding carboxylic acids is 5. The Bertz CT molecular complexity index is 1520. The summed E-state index contributed by atoms with van der Waals surface area (Å²) in [6, 6.07) is 9.79. The Morgan fingerprint density at radius 3 is 1.07 bits per heavy atom. The second kappa shape index (κ2) is 20.6. The van der Waals surface area contributed by atoms with Gasteiger partial charge in [-0.25, -0.2) is 4.79 Å². The Morgan fingerprint density at radius 1 is 0.500 bits per heavy atom. The lowest BCUT2D eigenvalue weighted by Gasteiger charge is -2.34. The summed E-state index contributed by atoms with van der Waals surface area (Å²) in [5.41, 5.74) is 0.231. The molecule has 6 amide bonds. The average molecular weight is 763 g/mol. The maximum Gasteiger partial charge on any atom is 0.416 e. The molecule has 1 aliphatic heterocycles. The largest absolute Gasteiger partial charge is 0.416 e. The van der Waals surface area contributed by atoms with Gasteiger partial charge in [-0.3, -0.25) is 38.8 Å². The summed E-state index contributed by atoms with van der Waals surface area (Å²) < 4.78 is 38.5. The molecule has 0 bridgehead atoms. The summed E-state index contributed by atoms with van der Waals surface area (Å²) in [5.74, 6) is -0.460. The summed E-state index contributed by atoms with van der Waals surface area (Å²) in [4.78, 5) is 76.5. The lowest BCUT2D eigenvalue weighted by atomic mass is 10.2. The predicted molar refractivity (Wildman–Crippen MR) is 201 cm³/mol. The van der Waals surface area contributed by atoms with Crippen LogP contribution in [0.1, 0.15) is 5.56 Å². The first kappa shape index (κ1) is 43.6. The van der Waals surface area contributed by atoms with Gasteiger partial charge in [0.2, 0.25) is 23.6 Å². The Hall–Kier alpha value is -4.78. The fourth-order valence-electron chi connectivity index (χ4n) is 5.29. The van der Waals surface area contributed by atoms with E-state index in [4.69, 9.17) is 0 Å². The lowest BCUT2D eigenvalue weighted by molar-refractivity contribution is -0.137. The summed E-state index contributed by atoms with van der Waals surface area (Å²) in [6.07, 6.45) is -4.48. The molecule has 298 valence electrons. The molecule has 15 nitrogen and oxygen atoms in total. The Labute approximate surface area is 315 Å². The minimum absolute atomic E-state index is 0.0317. The molecule has 0 aromatic heterocycles. The van der Waals surface area contributed by atoms with Crippen molar-refractivity contribution in [1.29, 1.82) is 0 Å². The molecular weight excluding hydrogens is 709 g/mol. The fourth-order valence-corrected chi connectivity index (χ4v) is 5.29. The first-order valence-electron chi connectivity index (χ1n) is 17.5. The molecule has 0 aliphatic carbocycles. The van der Waals surface area contributed by atoms with E-state index in [9.17, 15) is 37.1 Å². The predicted octanol–water partition coefficient (Wildman–Crippen LogP) is 1.77. The van der Waals surface area contributed by atoms with Gasteiger partial charge in [-0.15, -0.1) is 0 Å². The third kappa shape index (κ3) is 15.3. The van der Waals surface area contributed by atoms with Gasteiger partial charge in [0.05, 0.1) is 31.7 Å². The summed E-state index contributed by atoms with van der Waals surface area (Å²) in [5, 5.41) is 7.95. The smallest absolute Gasteiger partial charge is 0.348 e. The van der Waals surface area contributed by atoms with Crippen LogP contribution in [-0.4, -0.2) is 185 Å². The third-order valence-electron chi connectivity index (χ3n) is 8.77. The van der Waals surface area contributed by atoms with Crippen molar-refractivity contribution in [3.63, 3.8) is 0 Å². The van der Waals surface area contributed by atoms with Crippen LogP contribution in [0.2, 0.25) is 0 Å². The van der Waals surface area contributed by atoms with Crippen molar-refractivity contribution in [2.24, 2.45) is 0 Å². The topological polar surface area (TPSA) is 144 Å². The second-order valence-electron chi connectivity index (χ2n) is 13.7. The standard InChI is InChI=1S/C36H53F3N10O5/c1-43(2)32(51)24-47-17-15-46(16-18-48(25-33(52)44(3)4)20-22-49(21-19-47)26-34(53)45(5)6)23-31(50)40-28-11-13-30(14-12-28)42-35(54)41-29-9-7-27(8-10-29)36(37,38)39/h7-14H,15-26H2,1-6H3,(H,40,50)(H2,41,42,54). The number of benzene rings is 2. The molecule has 3 rings (SSSR count). The highest BCUT2D eigenvalue weighted by Crippen LogP contribution is 2.29. The van der Waals surface area contributed by atoms with Crippen LogP contribution >= 0.6 is 0 Å². The minimum Gasteiger partial charge on any atom is -0.348 e. The number of anilines is 3. The van der Waals surface area contributed by atoms with Gasteiger partial charge < -0.3 is 30.7 Å². The number of carbonyl (C=O) groups is 5. The highest BCUT2D eigenvalue weighted by atomic mass is 19.4. The SMILES string of the molecule is CN(C)C(=O)CN1CCN(CC(=O)Nc2ccc(NC(=O)Nc3ccc(C(F)(F)F)cc3)cc2)CCN(CC(=O)N(C)C)CCN(CC(=O)N(C)C)CC1. The Balaban J connectivity index is 1.67. The molecular formula is C36H53F3N10O5. The quantitative estimate of drug-likeness (QED) is 0.312. The molecule has 0 spiro atoms. The number of alkyl halides is 3. The zero-order valence-electron chi connectivity index (χ0n) is 31.9. The fraction of sp³-hybridized carbons (Fsp3) is 0.528. The number of nitrogens with one attached hydrogen (secondary N) is 3. The third-order valence-corrected chi connectivity index (χ3v) is 8.77. The van der Waals surface area contributed by atoms with Gasteiger partial charge in [0.1, 0.15) is 0 Å². The van der Waals surface area contributed by atoms with E-state index in [-0.39, 0.29) is 55.5 Å². The molecule has 3 N–H and O–H groups in total. The van der Waals surface area contributed by atoms with Crippen LogP contribution in [0.15, 0.2) is 48.5 Å². The molecule has 2 aromatic carbocycles. The van der Waals surface area contributed by atoms with E-state index in [2.05, 4.69) is 16.0 Å². The first-order chi connectivity index (χ1) is 25.4. The highest BCUT2D eigenvalue weighted by Gasteiger charge is 2.30. The summed E-state index contributed by atoms with van der Waals surface area (Å²) in [7, 11) is 10.2. The monoisotopic (exact) mass is 762 g/mol. The van der Waals surface area contributed by atoms with Crippen LogP contribution in [-0.2, 0) is 25.4 Å². The van der Waals surface area contributed by atoms with Crippen LogP contribution in [0.25, 0.3) is 0 Å². The number of hydrogen-bond acceptors (Lipinski definition) is 9. The number of rotatable bonds is 11. The van der Waals surface area contributed by atoms with Crippen molar-refractivity contribution in [3.8, 4) is 0 Å². The van der Waals surface area contributed by atoms with Gasteiger partial charge >= 0.3 is 12.2 Å². The maximum atomic E-state index is 13.3. The number of amides is 6. The zero-order chi connectivity index (χ0) is 40.0. The molecule has 1 heterocycles. The van der Waals surface area contributed by atoms with E-state index in [1.54, 1.807) is 71.5 Å². The average Bonchev–Trinajstić information content (AvgIpc) is 3.09. The normalized spacial score (nSPS) is 15.6. The number of urea groups is 1. The second-order valence-corrected chi connectivity index (χ2v) is 13.7. The van der Waals surface area contributed by atoms with Crippen LogP contribution in [0.3, 0.4) is 0 Å². The summed E-state index contributed by atoms with van der Waals surface area (Å²) in [6.45, 7) is 4.54. The van der Waals surface area contributed by atoms with Crippen molar-refractivity contribution in [2.75, 3.05) is 137 Å². The van der Waals surface area contributed by atoms with Gasteiger partial charge in [0.25, 0.3) is 0 Å². The lowest BCUT2D eigenvalue weighted by Crippen LogP contribution is -2.51. The summed E-state index contributed by atoms with van der Waals surface area (Å²) >= 11 is 0. The van der Waals surface area contributed by atoms with Gasteiger partial charge in [-0.1, -0.05) is 0 Å². The van der Waals surface area contributed by atoms with Crippen LogP contribution in [0, 0.1) is 0 Å². The molecule has 1 aliphatic rings. The van der Waals surface area contributed by atoms with Crippen LogP contribution in [0.4, 0.5) is 35.0 Å². The molecule has 0 atom stereocenters. The molecule has 1 saturated heterocycles. The van der Waals surface area contributed by atoms with Crippen molar-refractivity contribution in [3.05, 3.63) is 54.1 Å². The molecule has 0 unspecified atom stereocenters. The number of likely N-dealkylation sites (N-methyl/N-ethyl adjacent to an activating group) is 3. The van der Waals surface area contributed by atoms with E-state index >= 15 is 0 Å². The van der Waals surface area contributed by atoms with Gasteiger partial charge in [0.15, 0.2) is 0 Å². The highest BCUT2D eigenvalue weighted by molar-refractivity contribution is 6.00. The van der Waals surface area contributed by atoms with E-state index < -0.39 is 17.8 Å². The van der Waals surface area contributed by atoms with Crippen molar-refractivity contribution < 1.29 is 37.1 Å². The Kier molecular flexibility index (Phi) is 16.7. The zero-order valence-corrected chi connectivity index (χ0v) is 31.9. The van der Waals surface area contributed by atoms with E-state index in [0.29, 0.717) is 63.7 Å². The van der Waals surface area contributed by atoms with E-state index in [1.165, 1.54) is 9.80 Å². The van der Waals surface area contributed by atoms with Crippen molar-refractivity contribution >= 4 is 46.7 Å². The number of hydrogen-bond donors (Lipinski definition) is 3. The van der Waals surface area contributed by atoms with Crippen LogP contribution < -0.4 is 16.0 Å². The van der Waals surface area contributed by atoms with E-state index in [0.717, 1.165) is 24.3 Å². The van der Waals surface area contributed by atoms with Crippen LogP contribution in [0.5, 0.6) is 0 Å². The first-order valence-corrected chi connectivity index (χ1v) is 17.5. The van der Waals surface area contributed by atoms with Gasteiger partial charge in [-0.2, -0.15) is 13.2 Å². The minimum atomic E-state index is -4.48. The number of halogens is 3. The molecule has 54 heavy (non-hydrogen) atoms. The molecule has 0 radical (unpaired) electrons. The van der Waals surface area contributed by atoms with Crippen molar-refractivity contribution in [1.82, 2.24) is 34.3 Å². The van der Waals surface area contributed by atoms with Gasteiger partial charge in [0, 0.05) is 112 Å².